The van der Waals surface area contributed by atoms with Gasteiger partial charge in [-0.25, -0.2) is 4.79 Å². The lowest BCUT2D eigenvalue weighted by Crippen LogP contribution is -2.17. The fourth-order valence-electron chi connectivity index (χ4n) is 3.54. The molecule has 1 aliphatic rings. The summed E-state index contributed by atoms with van der Waals surface area (Å²) >= 11 is 2.84. The molecule has 1 amide bonds. The Morgan fingerprint density at radius 1 is 1.27 bits per heavy atom. The van der Waals surface area contributed by atoms with Crippen LogP contribution in [0.1, 0.15) is 59.7 Å². The predicted octanol–water partition coefficient (Wildman–Crippen LogP) is 4.26. The molecular weight excluding hydrogens is 420 g/mol. The number of nitrogens with zero attached hydrogens (tertiary/aromatic N) is 3. The summed E-state index contributed by atoms with van der Waals surface area (Å²) in [5, 5.41) is 12.6. The Kier molecular flexibility index (Phi) is 8.09. The Hall–Kier alpha value is -2.13. The van der Waals surface area contributed by atoms with E-state index in [0.29, 0.717) is 28.9 Å². The third kappa shape index (κ3) is 5.13. The molecule has 0 aliphatic heterocycles. The van der Waals surface area contributed by atoms with Crippen LogP contribution in [0.25, 0.3) is 0 Å². The van der Waals surface area contributed by atoms with Crippen LogP contribution in [0.2, 0.25) is 0 Å². The zero-order valence-corrected chi connectivity index (χ0v) is 19.2. The number of fused-ring (bicyclic) bond motifs is 1. The van der Waals surface area contributed by atoms with E-state index in [2.05, 4.69) is 22.1 Å². The molecule has 3 rings (SSSR count). The quantitative estimate of drug-likeness (QED) is 0.267. The van der Waals surface area contributed by atoms with Gasteiger partial charge in [-0.2, -0.15) is 0 Å². The number of thiophene rings is 1. The second kappa shape index (κ2) is 10.8. The van der Waals surface area contributed by atoms with Crippen LogP contribution in [-0.4, -0.2) is 39.0 Å². The molecule has 1 N–H and O–H groups in total. The normalized spacial score (nSPS) is 13.4. The van der Waals surface area contributed by atoms with Gasteiger partial charge >= 0.3 is 5.97 Å². The van der Waals surface area contributed by atoms with E-state index >= 15 is 0 Å². The van der Waals surface area contributed by atoms with E-state index in [0.717, 1.165) is 49.9 Å². The van der Waals surface area contributed by atoms with E-state index in [1.807, 2.05) is 11.5 Å². The Balaban J connectivity index is 1.74. The fourth-order valence-corrected chi connectivity index (χ4v) is 5.60. The molecule has 30 heavy (non-hydrogen) atoms. The van der Waals surface area contributed by atoms with E-state index in [9.17, 15) is 9.59 Å². The average Bonchev–Trinajstić information content (AvgIpc) is 3.19. The van der Waals surface area contributed by atoms with Crippen molar-refractivity contribution >= 4 is 40.0 Å². The van der Waals surface area contributed by atoms with Crippen LogP contribution < -0.4 is 5.32 Å². The minimum atomic E-state index is -0.349. The number of ether oxygens (including phenoxy) is 1. The molecule has 7 nitrogen and oxygen atoms in total. The number of allylic oxidation sites excluding steroid dienone is 1. The molecule has 162 valence electrons. The van der Waals surface area contributed by atoms with Gasteiger partial charge in [-0.05, 0) is 38.2 Å². The van der Waals surface area contributed by atoms with Gasteiger partial charge in [-0.3, -0.25) is 4.79 Å². The first-order valence-corrected chi connectivity index (χ1v) is 12.2. The molecule has 0 spiro atoms. The number of aromatic nitrogens is 3. The van der Waals surface area contributed by atoms with Crippen LogP contribution in [0.5, 0.6) is 0 Å². The minimum absolute atomic E-state index is 0.173. The Labute approximate surface area is 185 Å². The number of amides is 1. The van der Waals surface area contributed by atoms with E-state index in [1.165, 1.54) is 28.0 Å². The van der Waals surface area contributed by atoms with Crippen molar-refractivity contribution in [2.24, 2.45) is 0 Å². The van der Waals surface area contributed by atoms with E-state index in [-0.39, 0.29) is 17.6 Å². The molecule has 0 bridgehead atoms. The van der Waals surface area contributed by atoms with Gasteiger partial charge in [0.2, 0.25) is 5.91 Å². The van der Waals surface area contributed by atoms with Gasteiger partial charge in [0.15, 0.2) is 5.16 Å². The number of aryl methyl sites for hydroxylation is 2. The summed E-state index contributed by atoms with van der Waals surface area (Å²) in [5.41, 5.74) is 1.59. The zero-order valence-electron chi connectivity index (χ0n) is 17.5. The number of nitrogens with one attached hydrogen (secondary N) is 1. The SMILES string of the molecule is C=CCn1c(CC)nnc1SCC(=O)Nc1sc2c(c1C(=O)OCC)CCCCC2. The molecule has 2 heterocycles. The number of carbonyl (C=O) groups excluding carboxylic acids is 2. The number of anilines is 1. The van der Waals surface area contributed by atoms with Crippen molar-refractivity contribution in [2.75, 3.05) is 17.7 Å². The molecule has 2 aromatic rings. The molecule has 0 unspecified atom stereocenters. The maximum absolute atomic E-state index is 12.7. The highest BCUT2D eigenvalue weighted by atomic mass is 32.2. The Morgan fingerprint density at radius 3 is 2.80 bits per heavy atom. The summed E-state index contributed by atoms with van der Waals surface area (Å²) in [6, 6.07) is 0. The molecule has 0 saturated heterocycles. The first kappa shape index (κ1) is 22.6. The van der Waals surface area contributed by atoms with Crippen LogP contribution in [0.3, 0.4) is 0 Å². The summed E-state index contributed by atoms with van der Waals surface area (Å²) in [6.45, 7) is 8.50. The molecule has 0 fully saturated rings. The molecule has 0 saturated carbocycles. The topological polar surface area (TPSA) is 86.1 Å². The van der Waals surface area contributed by atoms with Crippen molar-refractivity contribution in [3.05, 3.63) is 34.5 Å². The van der Waals surface area contributed by atoms with E-state index < -0.39 is 0 Å². The number of carbonyl (C=O) groups is 2. The zero-order chi connectivity index (χ0) is 21.5. The first-order valence-electron chi connectivity index (χ1n) is 10.4. The number of thioether (sulfide) groups is 1. The van der Waals surface area contributed by atoms with Gasteiger partial charge in [0.25, 0.3) is 0 Å². The second-order valence-electron chi connectivity index (χ2n) is 6.98. The Bertz CT molecular complexity index is 920. The van der Waals surface area contributed by atoms with Crippen LogP contribution in [-0.2, 0) is 35.3 Å². The molecule has 1 aliphatic carbocycles. The summed E-state index contributed by atoms with van der Waals surface area (Å²) in [5.74, 6) is 0.528. The molecule has 0 radical (unpaired) electrons. The second-order valence-corrected chi connectivity index (χ2v) is 9.03. The van der Waals surface area contributed by atoms with Gasteiger partial charge < -0.3 is 14.6 Å². The van der Waals surface area contributed by atoms with Gasteiger partial charge in [-0.15, -0.1) is 28.1 Å². The Morgan fingerprint density at radius 2 is 2.07 bits per heavy atom. The maximum Gasteiger partial charge on any atom is 0.341 e. The molecular formula is C21H28N4O3S2. The average molecular weight is 449 g/mol. The van der Waals surface area contributed by atoms with Crippen molar-refractivity contribution in [1.82, 2.24) is 14.8 Å². The van der Waals surface area contributed by atoms with Crippen molar-refractivity contribution in [2.45, 2.75) is 64.1 Å². The number of esters is 1. The molecule has 9 heteroatoms. The third-order valence-electron chi connectivity index (χ3n) is 4.91. The van der Waals surface area contributed by atoms with Crippen LogP contribution in [0.4, 0.5) is 5.00 Å². The number of rotatable bonds is 9. The highest BCUT2D eigenvalue weighted by molar-refractivity contribution is 7.99. The lowest BCUT2D eigenvalue weighted by Gasteiger charge is -2.09. The summed E-state index contributed by atoms with van der Waals surface area (Å²) in [7, 11) is 0. The van der Waals surface area contributed by atoms with Crippen LogP contribution >= 0.6 is 23.1 Å². The van der Waals surface area contributed by atoms with Gasteiger partial charge in [0.1, 0.15) is 10.8 Å². The maximum atomic E-state index is 12.7. The van der Waals surface area contributed by atoms with Crippen LogP contribution in [0, 0.1) is 0 Å². The molecule has 2 aromatic heterocycles. The standard InChI is InChI=1S/C21H28N4O3S2/c1-4-12-25-16(5-2)23-24-21(25)29-13-17(26)22-19-18(20(27)28-6-3)14-10-8-7-9-11-15(14)30-19/h4H,1,5-13H2,2-3H3,(H,22,26). The lowest BCUT2D eigenvalue weighted by atomic mass is 10.1. The highest BCUT2D eigenvalue weighted by Gasteiger charge is 2.26. The monoisotopic (exact) mass is 448 g/mol. The van der Waals surface area contributed by atoms with Gasteiger partial charge in [-0.1, -0.05) is 31.2 Å². The van der Waals surface area contributed by atoms with Crippen molar-refractivity contribution in [1.29, 1.82) is 0 Å². The van der Waals surface area contributed by atoms with Crippen LogP contribution in [0.15, 0.2) is 17.8 Å². The third-order valence-corrected chi connectivity index (χ3v) is 7.08. The highest BCUT2D eigenvalue weighted by Crippen LogP contribution is 2.38. The summed E-state index contributed by atoms with van der Waals surface area (Å²) in [6.07, 6.45) is 7.67. The van der Waals surface area contributed by atoms with E-state index in [4.69, 9.17) is 4.74 Å². The van der Waals surface area contributed by atoms with Crippen molar-refractivity contribution < 1.29 is 14.3 Å². The number of hydrogen-bond donors (Lipinski definition) is 1. The van der Waals surface area contributed by atoms with Gasteiger partial charge in [0.05, 0.1) is 17.9 Å². The van der Waals surface area contributed by atoms with E-state index in [1.54, 1.807) is 13.0 Å². The first-order chi connectivity index (χ1) is 14.6. The fraction of sp³-hybridized carbons (Fsp3) is 0.524. The molecule has 0 atom stereocenters. The largest absolute Gasteiger partial charge is 0.462 e. The van der Waals surface area contributed by atoms with Crippen molar-refractivity contribution in [3.8, 4) is 0 Å². The number of hydrogen-bond acceptors (Lipinski definition) is 7. The summed E-state index contributed by atoms with van der Waals surface area (Å²) in [4.78, 5) is 26.5. The van der Waals surface area contributed by atoms with Gasteiger partial charge in [0, 0.05) is 17.8 Å². The van der Waals surface area contributed by atoms with Crippen molar-refractivity contribution in [3.63, 3.8) is 0 Å². The lowest BCUT2D eigenvalue weighted by molar-refractivity contribution is -0.113. The molecule has 0 aromatic carbocycles. The minimum Gasteiger partial charge on any atom is -0.462 e. The summed E-state index contributed by atoms with van der Waals surface area (Å²) < 4.78 is 7.24. The predicted molar refractivity (Wildman–Crippen MR) is 120 cm³/mol. The smallest absolute Gasteiger partial charge is 0.341 e.